The molecule has 0 unspecified atom stereocenters. The van der Waals surface area contributed by atoms with Crippen LogP contribution in [0.15, 0.2) is 6.33 Å². The predicted octanol–water partition coefficient (Wildman–Crippen LogP) is 3.94. The number of unbranched alkanes of at least 4 members (excludes halogenated alkanes) is 2. The monoisotopic (exact) mass is 306 g/mol. The minimum atomic E-state index is 0.543. The van der Waals surface area contributed by atoms with Crippen molar-refractivity contribution in [3.63, 3.8) is 0 Å². The first-order valence-corrected chi connectivity index (χ1v) is 8.95. The second-order valence-corrected chi connectivity index (χ2v) is 6.74. The summed E-state index contributed by atoms with van der Waals surface area (Å²) in [6.45, 7) is 7.36. The number of aromatic nitrogens is 3. The molecule has 2 N–H and O–H groups in total. The van der Waals surface area contributed by atoms with E-state index in [4.69, 9.17) is 5.73 Å². The Kier molecular flexibility index (Phi) is 5.91. The zero-order chi connectivity index (χ0) is 15.2. The van der Waals surface area contributed by atoms with Crippen LogP contribution in [0.2, 0.25) is 0 Å². The first kappa shape index (κ1) is 16.1. The second-order valence-electron chi connectivity index (χ2n) is 5.52. The first-order valence-electron chi connectivity index (χ1n) is 7.80. The average Bonchev–Trinajstić information content (AvgIpc) is 2.88. The molecular weight excluding hydrogens is 280 g/mol. The average molecular weight is 306 g/mol. The summed E-state index contributed by atoms with van der Waals surface area (Å²) in [7, 11) is 0. The molecule has 0 aliphatic heterocycles. The Morgan fingerprint density at radius 2 is 1.95 bits per heavy atom. The van der Waals surface area contributed by atoms with Gasteiger partial charge in [-0.25, -0.2) is 9.97 Å². The SMILES string of the molecule is CCCCSCCCCn1cnc2c(N)nc(C)c(C)c21. The van der Waals surface area contributed by atoms with Crippen LogP contribution in [0.1, 0.15) is 43.9 Å². The van der Waals surface area contributed by atoms with Crippen LogP contribution in [0.25, 0.3) is 11.0 Å². The molecule has 2 rings (SSSR count). The van der Waals surface area contributed by atoms with Gasteiger partial charge in [-0.3, -0.25) is 0 Å². The Labute approximate surface area is 131 Å². The number of pyridine rings is 1. The number of hydrogen-bond donors (Lipinski definition) is 1. The van der Waals surface area contributed by atoms with Crippen LogP contribution in [0.5, 0.6) is 0 Å². The number of imidazole rings is 1. The molecule has 0 aliphatic carbocycles. The lowest BCUT2D eigenvalue weighted by Crippen LogP contribution is -2.02. The lowest BCUT2D eigenvalue weighted by Gasteiger charge is -2.09. The zero-order valence-corrected chi connectivity index (χ0v) is 14.2. The van der Waals surface area contributed by atoms with Gasteiger partial charge in [0.2, 0.25) is 0 Å². The highest BCUT2D eigenvalue weighted by Gasteiger charge is 2.12. The summed E-state index contributed by atoms with van der Waals surface area (Å²) in [4.78, 5) is 8.78. The third-order valence-corrected chi connectivity index (χ3v) is 5.00. The van der Waals surface area contributed by atoms with Gasteiger partial charge in [0.05, 0.1) is 11.8 Å². The molecular formula is C16H26N4S. The smallest absolute Gasteiger partial charge is 0.151 e. The third kappa shape index (κ3) is 3.90. The van der Waals surface area contributed by atoms with Gasteiger partial charge < -0.3 is 10.3 Å². The van der Waals surface area contributed by atoms with Crippen LogP contribution in [0.3, 0.4) is 0 Å². The molecule has 2 aromatic rings. The molecule has 116 valence electrons. The van der Waals surface area contributed by atoms with Gasteiger partial charge in [0.1, 0.15) is 5.52 Å². The highest BCUT2D eigenvalue weighted by Crippen LogP contribution is 2.24. The Bertz CT molecular complexity index is 591. The van der Waals surface area contributed by atoms with Gasteiger partial charge in [0, 0.05) is 12.2 Å². The molecule has 21 heavy (non-hydrogen) atoms. The van der Waals surface area contributed by atoms with Crippen molar-refractivity contribution in [2.24, 2.45) is 0 Å². The van der Waals surface area contributed by atoms with Crippen LogP contribution < -0.4 is 5.73 Å². The Balaban J connectivity index is 1.94. The maximum atomic E-state index is 5.97. The number of nitrogen functional groups attached to an aromatic ring is 1. The maximum absolute atomic E-state index is 5.97. The first-order chi connectivity index (χ1) is 10.1. The quantitative estimate of drug-likeness (QED) is 0.750. The largest absolute Gasteiger partial charge is 0.382 e. The van der Waals surface area contributed by atoms with E-state index in [2.05, 4.69) is 40.1 Å². The van der Waals surface area contributed by atoms with Gasteiger partial charge in [0.25, 0.3) is 0 Å². The van der Waals surface area contributed by atoms with Crippen molar-refractivity contribution in [2.45, 2.75) is 53.0 Å². The number of hydrogen-bond acceptors (Lipinski definition) is 4. The lowest BCUT2D eigenvalue weighted by atomic mass is 10.2. The van der Waals surface area contributed by atoms with Crippen LogP contribution >= 0.6 is 11.8 Å². The molecule has 0 fully saturated rings. The van der Waals surface area contributed by atoms with Gasteiger partial charge in [-0.05, 0) is 50.2 Å². The molecule has 2 heterocycles. The minimum Gasteiger partial charge on any atom is -0.382 e. The summed E-state index contributed by atoms with van der Waals surface area (Å²) in [5, 5.41) is 0. The number of anilines is 1. The molecule has 4 nitrogen and oxygen atoms in total. The summed E-state index contributed by atoms with van der Waals surface area (Å²) in [5.41, 5.74) is 10.2. The lowest BCUT2D eigenvalue weighted by molar-refractivity contribution is 0.648. The van der Waals surface area contributed by atoms with E-state index in [1.807, 2.05) is 13.3 Å². The number of thioether (sulfide) groups is 1. The highest BCUT2D eigenvalue weighted by atomic mass is 32.2. The topological polar surface area (TPSA) is 56.7 Å². The highest BCUT2D eigenvalue weighted by molar-refractivity contribution is 7.99. The molecule has 0 spiro atoms. The van der Waals surface area contributed by atoms with Gasteiger partial charge in [-0.2, -0.15) is 11.8 Å². The van der Waals surface area contributed by atoms with Crippen molar-refractivity contribution < 1.29 is 0 Å². The van der Waals surface area contributed by atoms with Gasteiger partial charge >= 0.3 is 0 Å². The normalized spacial score (nSPS) is 11.4. The van der Waals surface area contributed by atoms with Crippen molar-refractivity contribution in [3.05, 3.63) is 17.6 Å². The fraction of sp³-hybridized carbons (Fsp3) is 0.625. The fourth-order valence-corrected chi connectivity index (χ4v) is 3.56. The van der Waals surface area contributed by atoms with E-state index < -0.39 is 0 Å². The molecule has 0 aliphatic rings. The molecule has 0 amide bonds. The zero-order valence-electron chi connectivity index (χ0n) is 13.4. The standard InChI is InChI=1S/C16H26N4S/c1-4-5-9-21-10-7-6-8-20-11-18-14-15(20)12(2)13(3)19-16(14)17/h11H,4-10H2,1-3H3,(H2,17,19). The number of nitrogens with zero attached hydrogens (tertiary/aromatic N) is 3. The van der Waals surface area contributed by atoms with Crippen LogP contribution in [-0.2, 0) is 6.54 Å². The summed E-state index contributed by atoms with van der Waals surface area (Å²) < 4.78 is 2.23. The fourth-order valence-electron chi connectivity index (χ4n) is 2.46. The second kappa shape index (κ2) is 7.69. The van der Waals surface area contributed by atoms with Gasteiger partial charge in [-0.1, -0.05) is 13.3 Å². The van der Waals surface area contributed by atoms with Crippen LogP contribution in [-0.4, -0.2) is 26.0 Å². The van der Waals surface area contributed by atoms with Crippen molar-refractivity contribution >= 4 is 28.6 Å². The molecule has 0 aromatic carbocycles. The van der Waals surface area contributed by atoms with E-state index in [0.29, 0.717) is 5.82 Å². The maximum Gasteiger partial charge on any atom is 0.151 e. The summed E-state index contributed by atoms with van der Waals surface area (Å²) >= 11 is 2.07. The van der Waals surface area contributed by atoms with Gasteiger partial charge in [-0.15, -0.1) is 0 Å². The number of rotatable bonds is 8. The van der Waals surface area contributed by atoms with E-state index in [9.17, 15) is 0 Å². The van der Waals surface area contributed by atoms with Crippen LogP contribution in [0, 0.1) is 13.8 Å². The van der Waals surface area contributed by atoms with Crippen molar-refractivity contribution in [2.75, 3.05) is 17.2 Å². The molecule has 0 saturated heterocycles. The van der Waals surface area contributed by atoms with E-state index in [-0.39, 0.29) is 0 Å². The molecule has 0 bridgehead atoms. The molecule has 0 saturated carbocycles. The molecule has 5 heteroatoms. The van der Waals surface area contributed by atoms with E-state index in [1.165, 1.54) is 42.8 Å². The summed E-state index contributed by atoms with van der Waals surface area (Å²) in [6.07, 6.45) is 6.97. The summed E-state index contributed by atoms with van der Waals surface area (Å²) in [6, 6.07) is 0. The van der Waals surface area contributed by atoms with E-state index >= 15 is 0 Å². The van der Waals surface area contributed by atoms with Crippen molar-refractivity contribution in [1.29, 1.82) is 0 Å². The van der Waals surface area contributed by atoms with Crippen molar-refractivity contribution in [1.82, 2.24) is 14.5 Å². The summed E-state index contributed by atoms with van der Waals surface area (Å²) in [5.74, 6) is 3.10. The number of fused-ring (bicyclic) bond motifs is 1. The Hall–Kier alpha value is -1.23. The van der Waals surface area contributed by atoms with E-state index in [1.54, 1.807) is 0 Å². The predicted molar refractivity (Wildman–Crippen MR) is 92.9 cm³/mol. The number of nitrogens with two attached hydrogens (primary N) is 1. The third-order valence-electron chi connectivity index (χ3n) is 3.85. The Morgan fingerprint density at radius 1 is 1.19 bits per heavy atom. The van der Waals surface area contributed by atoms with Gasteiger partial charge in [0.15, 0.2) is 5.82 Å². The van der Waals surface area contributed by atoms with Crippen molar-refractivity contribution in [3.8, 4) is 0 Å². The molecule has 0 radical (unpaired) electrons. The van der Waals surface area contributed by atoms with E-state index in [0.717, 1.165) is 23.3 Å². The molecule has 2 aromatic heterocycles. The van der Waals surface area contributed by atoms with Crippen LogP contribution in [0.4, 0.5) is 5.82 Å². The minimum absolute atomic E-state index is 0.543. The Morgan fingerprint density at radius 3 is 2.71 bits per heavy atom. The number of aryl methyl sites for hydroxylation is 3. The molecule has 0 atom stereocenters.